The number of nitrogens with zero attached hydrogens (tertiary/aromatic N) is 2. The fourth-order valence-corrected chi connectivity index (χ4v) is 5.81. The molecular weight excluding hydrogens is 430 g/mol. The first kappa shape index (κ1) is 22.5. The Morgan fingerprint density at radius 1 is 1.24 bits per heavy atom. The standard InChI is InChI=1S/C27H31N3O4/c1-17-14-24(34-2)22(20-9-11-28-26(17)20)16-29-13-10-18(30-12-5-8-25(30)31)15-23(29)19-6-3-4-7-21(19)27(32)33/h3-4,6-7,9,11,14,18,23,28H,5,8,10,12-13,15-16H2,1-2H3,(H,32,33)/t18?,23-/m1/s1. The summed E-state index contributed by atoms with van der Waals surface area (Å²) in [6, 6.07) is 11.4. The molecule has 2 N–H and O–H groups in total. The second-order valence-electron chi connectivity index (χ2n) is 9.39. The number of nitrogens with one attached hydrogen (secondary N) is 1. The van der Waals surface area contributed by atoms with Crippen LogP contribution < -0.4 is 4.74 Å². The number of H-pyrrole nitrogens is 1. The molecule has 2 aromatic carbocycles. The van der Waals surface area contributed by atoms with E-state index in [1.165, 1.54) is 0 Å². The van der Waals surface area contributed by atoms with Crippen LogP contribution in [0, 0.1) is 6.92 Å². The van der Waals surface area contributed by atoms with Gasteiger partial charge in [0.1, 0.15) is 5.75 Å². The maximum atomic E-state index is 12.5. The largest absolute Gasteiger partial charge is 0.496 e. The number of carbonyl (C=O) groups excluding carboxylic acids is 1. The number of rotatable bonds is 6. The summed E-state index contributed by atoms with van der Waals surface area (Å²) in [6.07, 6.45) is 5.07. The van der Waals surface area contributed by atoms with E-state index >= 15 is 0 Å². The molecule has 0 saturated carbocycles. The molecule has 2 fully saturated rings. The van der Waals surface area contributed by atoms with Crippen molar-refractivity contribution in [2.45, 2.75) is 51.2 Å². The van der Waals surface area contributed by atoms with Gasteiger partial charge in [-0.3, -0.25) is 9.69 Å². The number of carbonyl (C=O) groups is 2. The van der Waals surface area contributed by atoms with Gasteiger partial charge in [-0.15, -0.1) is 0 Å². The van der Waals surface area contributed by atoms with Crippen LogP contribution in [-0.4, -0.2) is 58.0 Å². The molecule has 3 heterocycles. The average molecular weight is 462 g/mol. The predicted octanol–water partition coefficient (Wildman–Crippen LogP) is 4.51. The van der Waals surface area contributed by atoms with Gasteiger partial charge in [0, 0.05) is 60.8 Å². The summed E-state index contributed by atoms with van der Waals surface area (Å²) >= 11 is 0. The highest BCUT2D eigenvalue weighted by Crippen LogP contribution is 2.39. The summed E-state index contributed by atoms with van der Waals surface area (Å²) in [7, 11) is 1.69. The van der Waals surface area contributed by atoms with Gasteiger partial charge in [-0.2, -0.15) is 0 Å². The third-order valence-corrected chi connectivity index (χ3v) is 7.48. The van der Waals surface area contributed by atoms with Crippen molar-refractivity contribution in [2.75, 3.05) is 20.2 Å². The van der Waals surface area contributed by atoms with Crippen molar-refractivity contribution < 1.29 is 19.4 Å². The number of aromatic nitrogens is 1. The lowest BCUT2D eigenvalue weighted by Gasteiger charge is -2.43. The third-order valence-electron chi connectivity index (χ3n) is 7.48. The number of benzene rings is 2. The Labute approximate surface area is 199 Å². The molecule has 2 aliphatic heterocycles. The summed E-state index contributed by atoms with van der Waals surface area (Å²) in [5.74, 6) is 0.139. The van der Waals surface area contributed by atoms with Gasteiger partial charge in [-0.1, -0.05) is 18.2 Å². The van der Waals surface area contributed by atoms with Crippen LogP contribution in [0.4, 0.5) is 0 Å². The summed E-state index contributed by atoms with van der Waals surface area (Å²) < 4.78 is 5.78. The van der Waals surface area contributed by atoms with Crippen LogP contribution in [0.5, 0.6) is 5.75 Å². The first-order chi connectivity index (χ1) is 16.5. The van der Waals surface area contributed by atoms with Crippen molar-refractivity contribution in [1.29, 1.82) is 0 Å². The van der Waals surface area contributed by atoms with Gasteiger partial charge in [-0.05, 0) is 55.5 Å². The topological polar surface area (TPSA) is 85.9 Å². The van der Waals surface area contributed by atoms with E-state index in [1.54, 1.807) is 19.2 Å². The number of piperidine rings is 1. The Bertz CT molecular complexity index is 1230. The molecule has 3 aromatic rings. The van der Waals surface area contributed by atoms with Gasteiger partial charge in [0.2, 0.25) is 5.91 Å². The van der Waals surface area contributed by atoms with Crippen LogP contribution in [0.3, 0.4) is 0 Å². The van der Waals surface area contributed by atoms with Crippen molar-refractivity contribution in [3.8, 4) is 5.75 Å². The summed E-state index contributed by atoms with van der Waals surface area (Å²) in [4.78, 5) is 32.3. The number of methoxy groups -OCH3 is 1. The van der Waals surface area contributed by atoms with E-state index in [-0.39, 0.29) is 18.0 Å². The lowest BCUT2D eigenvalue weighted by molar-refractivity contribution is -0.131. The van der Waals surface area contributed by atoms with Crippen LogP contribution >= 0.6 is 0 Å². The number of carboxylic acids is 1. The number of aryl methyl sites for hydroxylation is 1. The van der Waals surface area contributed by atoms with Gasteiger partial charge in [0.15, 0.2) is 0 Å². The molecule has 2 atom stereocenters. The van der Waals surface area contributed by atoms with E-state index in [2.05, 4.69) is 28.9 Å². The molecule has 2 saturated heterocycles. The summed E-state index contributed by atoms with van der Waals surface area (Å²) in [6.45, 7) is 4.27. The zero-order valence-electron chi connectivity index (χ0n) is 19.7. The molecule has 1 aromatic heterocycles. The Balaban J connectivity index is 1.54. The van der Waals surface area contributed by atoms with E-state index in [1.807, 2.05) is 23.2 Å². The minimum absolute atomic E-state index is 0.112. The number of fused-ring (bicyclic) bond motifs is 1. The summed E-state index contributed by atoms with van der Waals surface area (Å²) in [5.41, 5.74) is 4.45. The molecule has 2 aliphatic rings. The second kappa shape index (κ2) is 9.14. The molecule has 0 radical (unpaired) electrons. The molecule has 34 heavy (non-hydrogen) atoms. The smallest absolute Gasteiger partial charge is 0.336 e. The molecule has 1 amide bonds. The highest BCUT2D eigenvalue weighted by molar-refractivity contribution is 5.90. The number of aromatic amines is 1. The third kappa shape index (κ3) is 3.94. The van der Waals surface area contributed by atoms with Gasteiger partial charge >= 0.3 is 5.97 Å². The fourth-order valence-electron chi connectivity index (χ4n) is 5.81. The molecule has 5 rings (SSSR count). The highest BCUT2D eigenvalue weighted by atomic mass is 16.5. The van der Waals surface area contributed by atoms with Gasteiger partial charge in [0.05, 0.1) is 12.7 Å². The predicted molar refractivity (Wildman–Crippen MR) is 130 cm³/mol. The van der Waals surface area contributed by atoms with Gasteiger partial charge in [0.25, 0.3) is 0 Å². The number of hydrogen-bond acceptors (Lipinski definition) is 4. The van der Waals surface area contributed by atoms with Crippen molar-refractivity contribution in [3.63, 3.8) is 0 Å². The normalized spacial score (nSPS) is 21.4. The first-order valence-electron chi connectivity index (χ1n) is 12.0. The molecule has 7 nitrogen and oxygen atoms in total. The minimum atomic E-state index is -0.920. The van der Waals surface area contributed by atoms with Gasteiger partial charge < -0.3 is 19.7 Å². The molecule has 0 spiro atoms. The lowest BCUT2D eigenvalue weighted by Crippen LogP contribution is -2.46. The molecule has 0 aliphatic carbocycles. The molecule has 0 bridgehead atoms. The fraction of sp³-hybridized carbons (Fsp3) is 0.407. The van der Waals surface area contributed by atoms with Crippen LogP contribution in [0.25, 0.3) is 10.9 Å². The van der Waals surface area contributed by atoms with Crippen LogP contribution in [0.2, 0.25) is 0 Å². The second-order valence-corrected chi connectivity index (χ2v) is 9.39. The maximum Gasteiger partial charge on any atom is 0.336 e. The van der Waals surface area contributed by atoms with Crippen molar-refractivity contribution >= 4 is 22.8 Å². The molecule has 1 unspecified atom stereocenters. The van der Waals surface area contributed by atoms with Crippen LogP contribution in [0.15, 0.2) is 42.6 Å². The van der Waals surface area contributed by atoms with E-state index < -0.39 is 5.97 Å². The molecule has 7 heteroatoms. The maximum absolute atomic E-state index is 12.5. The Morgan fingerprint density at radius 2 is 2.06 bits per heavy atom. The zero-order chi connectivity index (χ0) is 23.8. The number of hydrogen-bond donors (Lipinski definition) is 2. The highest BCUT2D eigenvalue weighted by Gasteiger charge is 2.37. The monoisotopic (exact) mass is 461 g/mol. The van der Waals surface area contributed by atoms with Crippen LogP contribution in [0.1, 0.15) is 58.8 Å². The summed E-state index contributed by atoms with van der Waals surface area (Å²) in [5, 5.41) is 11.0. The zero-order valence-corrected chi connectivity index (χ0v) is 19.7. The lowest BCUT2D eigenvalue weighted by atomic mass is 9.87. The van der Waals surface area contributed by atoms with Gasteiger partial charge in [-0.25, -0.2) is 4.79 Å². The van der Waals surface area contributed by atoms with Crippen molar-refractivity contribution in [2.24, 2.45) is 0 Å². The van der Waals surface area contributed by atoms with E-state index in [0.29, 0.717) is 18.5 Å². The number of amides is 1. The first-order valence-corrected chi connectivity index (χ1v) is 12.0. The number of likely N-dealkylation sites (tertiary alicyclic amines) is 2. The average Bonchev–Trinajstić information content (AvgIpc) is 3.50. The number of carboxylic acid groups (broad SMARTS) is 1. The van der Waals surface area contributed by atoms with E-state index in [0.717, 1.165) is 65.7 Å². The van der Waals surface area contributed by atoms with E-state index in [9.17, 15) is 14.7 Å². The Morgan fingerprint density at radius 3 is 2.79 bits per heavy atom. The minimum Gasteiger partial charge on any atom is -0.496 e. The Hall–Kier alpha value is -3.32. The quantitative estimate of drug-likeness (QED) is 0.564. The number of aromatic carboxylic acids is 1. The number of ether oxygens (including phenoxy) is 1. The molecule has 178 valence electrons. The van der Waals surface area contributed by atoms with Crippen molar-refractivity contribution in [1.82, 2.24) is 14.8 Å². The Kier molecular flexibility index (Phi) is 6.04. The molecular formula is C27H31N3O4. The van der Waals surface area contributed by atoms with E-state index in [4.69, 9.17) is 4.74 Å². The van der Waals surface area contributed by atoms with Crippen molar-refractivity contribution in [3.05, 3.63) is 64.8 Å². The SMILES string of the molecule is COc1cc(C)c2[nH]ccc2c1CN1CCC(N2CCCC2=O)C[C@@H]1c1ccccc1C(=O)O. The van der Waals surface area contributed by atoms with Crippen LogP contribution in [-0.2, 0) is 11.3 Å².